The van der Waals surface area contributed by atoms with Crippen molar-refractivity contribution in [1.82, 2.24) is 10.7 Å². The predicted molar refractivity (Wildman–Crippen MR) is 98.1 cm³/mol. The Bertz CT molecular complexity index is 770. The number of nitrogens with one attached hydrogen (secondary N) is 2. The van der Waals surface area contributed by atoms with E-state index in [0.29, 0.717) is 0 Å². The minimum Gasteiger partial charge on any atom is -0.508 e. The van der Waals surface area contributed by atoms with Crippen molar-refractivity contribution in [3.05, 3.63) is 59.7 Å². The normalized spacial score (nSPS) is 11.8. The molecule has 2 aromatic carbocycles. The highest BCUT2D eigenvalue weighted by Gasteiger charge is 2.19. The Morgan fingerprint density at radius 2 is 1.81 bits per heavy atom. The summed E-state index contributed by atoms with van der Waals surface area (Å²) in [6, 6.07) is 12.8. The van der Waals surface area contributed by atoms with Gasteiger partial charge in [0.25, 0.3) is 5.91 Å². The van der Waals surface area contributed by atoms with E-state index in [1.54, 1.807) is 43.5 Å². The number of amides is 2. The molecule has 7 heteroatoms. The van der Waals surface area contributed by atoms with Crippen molar-refractivity contribution < 1.29 is 19.4 Å². The van der Waals surface area contributed by atoms with E-state index in [0.717, 1.165) is 16.9 Å². The van der Waals surface area contributed by atoms with Crippen molar-refractivity contribution in [3.8, 4) is 11.5 Å². The van der Waals surface area contributed by atoms with Crippen molar-refractivity contribution >= 4 is 18.0 Å². The van der Waals surface area contributed by atoms with E-state index in [4.69, 9.17) is 4.74 Å². The van der Waals surface area contributed by atoms with Gasteiger partial charge in [0.1, 0.15) is 17.5 Å². The lowest BCUT2D eigenvalue weighted by molar-refractivity contribution is -0.128. The topological polar surface area (TPSA) is 100 Å². The summed E-state index contributed by atoms with van der Waals surface area (Å²) in [4.78, 5) is 23.7. The molecule has 26 heavy (non-hydrogen) atoms. The Morgan fingerprint density at radius 1 is 1.15 bits per heavy atom. The van der Waals surface area contributed by atoms with E-state index in [1.807, 2.05) is 0 Å². The first-order valence-corrected chi connectivity index (χ1v) is 8.00. The molecule has 0 aromatic heterocycles. The molecule has 0 saturated carbocycles. The number of hydrogen-bond acceptors (Lipinski definition) is 5. The number of rotatable bonds is 7. The molecule has 0 radical (unpaired) electrons. The second-order valence-corrected chi connectivity index (χ2v) is 5.63. The number of phenolic OH excluding ortho intramolecular Hbond substituents is 1. The van der Waals surface area contributed by atoms with Crippen molar-refractivity contribution in [2.45, 2.75) is 19.4 Å². The number of carbonyl (C=O) groups is 2. The van der Waals surface area contributed by atoms with E-state index >= 15 is 0 Å². The van der Waals surface area contributed by atoms with Crippen LogP contribution in [0.1, 0.15) is 18.1 Å². The molecule has 1 atom stereocenters. The zero-order valence-corrected chi connectivity index (χ0v) is 14.6. The summed E-state index contributed by atoms with van der Waals surface area (Å²) in [5.41, 5.74) is 4.03. The molecule has 0 heterocycles. The Labute approximate surface area is 151 Å². The van der Waals surface area contributed by atoms with Crippen LogP contribution in [-0.2, 0) is 16.0 Å². The third kappa shape index (κ3) is 5.94. The van der Waals surface area contributed by atoms with Gasteiger partial charge in [0.2, 0.25) is 5.91 Å². The highest BCUT2D eigenvalue weighted by Crippen LogP contribution is 2.12. The molecule has 7 nitrogen and oxygen atoms in total. The summed E-state index contributed by atoms with van der Waals surface area (Å²) in [6.07, 6.45) is 1.78. The molecule has 0 aliphatic carbocycles. The fraction of sp³-hybridized carbons (Fsp3) is 0.211. The van der Waals surface area contributed by atoms with Crippen LogP contribution in [0.3, 0.4) is 0 Å². The minimum absolute atomic E-state index is 0.137. The molecule has 0 fully saturated rings. The second kappa shape index (κ2) is 9.22. The highest BCUT2D eigenvalue weighted by molar-refractivity contribution is 5.88. The smallest absolute Gasteiger partial charge is 0.262 e. The van der Waals surface area contributed by atoms with Crippen LogP contribution in [0.5, 0.6) is 11.5 Å². The number of hydrazone groups is 1. The van der Waals surface area contributed by atoms with Gasteiger partial charge in [0.05, 0.1) is 13.3 Å². The second-order valence-electron chi connectivity index (χ2n) is 5.63. The molecule has 2 rings (SSSR count). The zero-order valence-electron chi connectivity index (χ0n) is 14.6. The summed E-state index contributed by atoms with van der Waals surface area (Å²) in [6.45, 7) is 1.34. The van der Waals surface area contributed by atoms with Crippen LogP contribution in [-0.4, -0.2) is 36.3 Å². The van der Waals surface area contributed by atoms with Crippen LogP contribution < -0.4 is 15.5 Å². The largest absolute Gasteiger partial charge is 0.508 e. The zero-order chi connectivity index (χ0) is 18.9. The lowest BCUT2D eigenvalue weighted by Crippen LogP contribution is -2.46. The van der Waals surface area contributed by atoms with Gasteiger partial charge in [-0.15, -0.1) is 0 Å². The van der Waals surface area contributed by atoms with Gasteiger partial charge < -0.3 is 15.2 Å². The van der Waals surface area contributed by atoms with Crippen LogP contribution in [0.15, 0.2) is 53.6 Å². The fourth-order valence-corrected chi connectivity index (χ4v) is 2.26. The van der Waals surface area contributed by atoms with Gasteiger partial charge in [-0.05, 0) is 47.5 Å². The molecule has 136 valence electrons. The quantitative estimate of drug-likeness (QED) is 0.519. The summed E-state index contributed by atoms with van der Waals surface area (Å²) >= 11 is 0. The molecule has 0 saturated heterocycles. The first kappa shape index (κ1) is 19.0. The number of benzene rings is 2. The standard InChI is InChI=1S/C19H21N3O4/c1-13(23)21-18(11-14-3-7-16(24)8-4-14)19(25)22-20-12-15-5-9-17(26-2)10-6-15/h3-10,12,18,24H,11H2,1-2H3,(H,21,23)(H,22,25). The van der Waals surface area contributed by atoms with Gasteiger partial charge >= 0.3 is 0 Å². The number of methoxy groups -OCH3 is 1. The average Bonchev–Trinajstić information content (AvgIpc) is 2.63. The van der Waals surface area contributed by atoms with Crippen molar-refractivity contribution in [2.75, 3.05) is 7.11 Å². The molecule has 1 unspecified atom stereocenters. The molecule has 2 amide bonds. The number of aromatic hydroxyl groups is 1. The summed E-state index contributed by atoms with van der Waals surface area (Å²) in [5.74, 6) is 0.116. The van der Waals surface area contributed by atoms with Gasteiger partial charge in [-0.2, -0.15) is 5.10 Å². The first-order valence-electron chi connectivity index (χ1n) is 8.00. The Morgan fingerprint density at radius 3 is 2.38 bits per heavy atom. The monoisotopic (exact) mass is 355 g/mol. The third-order valence-electron chi connectivity index (χ3n) is 3.57. The van der Waals surface area contributed by atoms with Gasteiger partial charge in [-0.1, -0.05) is 12.1 Å². The van der Waals surface area contributed by atoms with Crippen LogP contribution in [0.25, 0.3) is 0 Å². The summed E-state index contributed by atoms with van der Waals surface area (Å²) in [5, 5.41) is 15.9. The molecular formula is C19H21N3O4. The molecule has 0 aliphatic rings. The average molecular weight is 355 g/mol. The lowest BCUT2D eigenvalue weighted by Gasteiger charge is -2.16. The number of ether oxygens (including phenoxy) is 1. The van der Waals surface area contributed by atoms with Crippen molar-refractivity contribution in [3.63, 3.8) is 0 Å². The van der Waals surface area contributed by atoms with E-state index in [1.165, 1.54) is 25.3 Å². The van der Waals surface area contributed by atoms with E-state index in [-0.39, 0.29) is 18.1 Å². The minimum atomic E-state index is -0.773. The molecule has 2 aromatic rings. The SMILES string of the molecule is COc1ccc(C=NNC(=O)C(Cc2ccc(O)cc2)NC(C)=O)cc1. The van der Waals surface area contributed by atoms with Crippen LogP contribution >= 0.6 is 0 Å². The lowest BCUT2D eigenvalue weighted by atomic mass is 10.1. The molecule has 0 spiro atoms. The maximum Gasteiger partial charge on any atom is 0.262 e. The van der Waals surface area contributed by atoms with E-state index < -0.39 is 11.9 Å². The number of nitrogens with zero attached hydrogens (tertiary/aromatic N) is 1. The van der Waals surface area contributed by atoms with Crippen molar-refractivity contribution in [1.29, 1.82) is 0 Å². The summed E-state index contributed by atoms with van der Waals surface area (Å²) < 4.78 is 5.07. The Balaban J connectivity index is 1.99. The number of hydrogen-bond donors (Lipinski definition) is 3. The van der Waals surface area contributed by atoms with E-state index in [9.17, 15) is 14.7 Å². The first-order chi connectivity index (χ1) is 12.5. The van der Waals surface area contributed by atoms with Crippen LogP contribution in [0, 0.1) is 0 Å². The maximum absolute atomic E-state index is 12.3. The van der Waals surface area contributed by atoms with Gasteiger partial charge in [0, 0.05) is 13.3 Å². The molecule has 0 aliphatic heterocycles. The maximum atomic E-state index is 12.3. The van der Waals surface area contributed by atoms with E-state index in [2.05, 4.69) is 15.8 Å². The number of phenols is 1. The third-order valence-corrected chi connectivity index (χ3v) is 3.57. The Kier molecular flexibility index (Phi) is 6.73. The number of carbonyl (C=O) groups excluding carboxylic acids is 2. The van der Waals surface area contributed by atoms with Gasteiger partial charge in [-0.25, -0.2) is 5.43 Å². The fourth-order valence-electron chi connectivity index (χ4n) is 2.26. The predicted octanol–water partition coefficient (Wildman–Crippen LogP) is 1.60. The Hall–Kier alpha value is -3.35. The van der Waals surface area contributed by atoms with Gasteiger partial charge in [-0.3, -0.25) is 9.59 Å². The van der Waals surface area contributed by atoms with Crippen molar-refractivity contribution in [2.24, 2.45) is 5.10 Å². The molecular weight excluding hydrogens is 334 g/mol. The van der Waals surface area contributed by atoms with Gasteiger partial charge in [0.15, 0.2) is 0 Å². The summed E-state index contributed by atoms with van der Waals surface area (Å²) in [7, 11) is 1.58. The van der Waals surface area contributed by atoms with Crippen LogP contribution in [0.4, 0.5) is 0 Å². The molecule has 3 N–H and O–H groups in total. The highest BCUT2D eigenvalue weighted by atomic mass is 16.5. The molecule has 0 bridgehead atoms. The van der Waals surface area contributed by atoms with Crippen LogP contribution in [0.2, 0.25) is 0 Å².